The molecule has 3 aromatic rings. The van der Waals surface area contributed by atoms with Gasteiger partial charge < -0.3 is 18.9 Å². The van der Waals surface area contributed by atoms with Crippen molar-refractivity contribution >= 4 is 23.9 Å². The van der Waals surface area contributed by atoms with Crippen molar-refractivity contribution in [2.24, 2.45) is 0 Å². The number of nitriles is 2. The molecule has 10 heteroatoms. The Bertz CT molecular complexity index is 1940. The quantitative estimate of drug-likeness (QED) is 0.112. The Balaban J connectivity index is 2.11. The van der Waals surface area contributed by atoms with E-state index in [1.54, 1.807) is 48.5 Å². The van der Waals surface area contributed by atoms with E-state index in [0.717, 1.165) is 12.2 Å². The van der Waals surface area contributed by atoms with Gasteiger partial charge in [-0.25, -0.2) is 14.4 Å². The van der Waals surface area contributed by atoms with Crippen molar-refractivity contribution in [1.29, 1.82) is 10.5 Å². The van der Waals surface area contributed by atoms with Gasteiger partial charge in [0.25, 0.3) is 0 Å². The Morgan fingerprint density at radius 1 is 0.674 bits per heavy atom. The van der Waals surface area contributed by atoms with Crippen LogP contribution >= 0.6 is 0 Å². The van der Waals surface area contributed by atoms with Crippen LogP contribution in [-0.2, 0) is 28.7 Å². The van der Waals surface area contributed by atoms with Gasteiger partial charge in [-0.2, -0.15) is 10.5 Å². The first-order valence-corrected chi connectivity index (χ1v) is 13.1. The van der Waals surface area contributed by atoms with Crippen LogP contribution in [0.5, 0.6) is 11.5 Å². The fraction of sp³-hybridized carbons (Fsp3) is 0.0556. The van der Waals surface area contributed by atoms with E-state index in [1.807, 2.05) is 12.1 Å². The van der Waals surface area contributed by atoms with Gasteiger partial charge in [0, 0.05) is 35.4 Å². The van der Waals surface area contributed by atoms with E-state index >= 15 is 0 Å². The standard InChI is InChI=1S/C36H22N2O8/c1-4-33(39)43-19-18-35(41)45-31-20-30(17-15-26-8-12-28(23-38)13-9-26)32(46-36(42)24(3)44-34(40)5-2)21-29(31)16-14-25-6-10-27(22-37)11-7-25/h4-13,20-21H,1-3,18-19H2. The highest BCUT2D eigenvalue weighted by Crippen LogP contribution is 2.30. The van der Waals surface area contributed by atoms with Crippen molar-refractivity contribution in [2.75, 3.05) is 6.61 Å². The fourth-order valence-corrected chi connectivity index (χ4v) is 3.29. The first-order chi connectivity index (χ1) is 22.1. The van der Waals surface area contributed by atoms with Crippen molar-refractivity contribution < 1.29 is 38.1 Å². The molecular formula is C36H22N2O8. The summed E-state index contributed by atoms with van der Waals surface area (Å²) in [6, 6.07) is 19.3. The molecule has 0 aliphatic heterocycles. The van der Waals surface area contributed by atoms with Crippen molar-refractivity contribution in [1.82, 2.24) is 0 Å². The van der Waals surface area contributed by atoms with Gasteiger partial charge in [0.2, 0.25) is 5.76 Å². The van der Waals surface area contributed by atoms with E-state index in [1.165, 1.54) is 12.1 Å². The molecule has 3 rings (SSSR count). The summed E-state index contributed by atoms with van der Waals surface area (Å²) in [5.74, 6) is 7.05. The molecule has 0 amide bonds. The largest absolute Gasteiger partial charge is 0.462 e. The molecule has 0 unspecified atom stereocenters. The van der Waals surface area contributed by atoms with Gasteiger partial charge in [0.05, 0.1) is 40.8 Å². The summed E-state index contributed by atoms with van der Waals surface area (Å²) in [5, 5.41) is 18.1. The normalized spacial score (nSPS) is 9.26. The average molecular weight is 611 g/mol. The molecule has 0 aromatic heterocycles. The molecule has 0 radical (unpaired) electrons. The monoisotopic (exact) mass is 610 g/mol. The third kappa shape index (κ3) is 10.00. The zero-order chi connectivity index (χ0) is 33.5. The molecule has 3 aromatic carbocycles. The van der Waals surface area contributed by atoms with Crippen LogP contribution in [-0.4, -0.2) is 30.5 Å². The van der Waals surface area contributed by atoms with Gasteiger partial charge in [-0.3, -0.25) is 4.79 Å². The third-order valence-corrected chi connectivity index (χ3v) is 5.55. The summed E-state index contributed by atoms with van der Waals surface area (Å²) < 4.78 is 20.6. The molecule has 0 heterocycles. The molecule has 0 aliphatic carbocycles. The Morgan fingerprint density at radius 2 is 1.13 bits per heavy atom. The highest BCUT2D eigenvalue weighted by molar-refractivity contribution is 5.93. The molecule has 0 fully saturated rings. The molecular weight excluding hydrogens is 588 g/mol. The van der Waals surface area contributed by atoms with Gasteiger partial charge in [0.15, 0.2) is 0 Å². The van der Waals surface area contributed by atoms with Crippen LogP contribution in [0.2, 0.25) is 0 Å². The Morgan fingerprint density at radius 3 is 1.59 bits per heavy atom. The van der Waals surface area contributed by atoms with Crippen LogP contribution in [0.4, 0.5) is 0 Å². The molecule has 46 heavy (non-hydrogen) atoms. The van der Waals surface area contributed by atoms with E-state index in [2.05, 4.69) is 43.4 Å². The third-order valence-electron chi connectivity index (χ3n) is 5.55. The second kappa shape index (κ2) is 16.5. The Labute approximate surface area is 264 Å². The summed E-state index contributed by atoms with van der Waals surface area (Å²) in [4.78, 5) is 48.4. The minimum Gasteiger partial charge on any atom is -0.462 e. The molecule has 0 spiro atoms. The number of carbonyl (C=O) groups is 4. The van der Waals surface area contributed by atoms with Gasteiger partial charge in [-0.05, 0) is 55.1 Å². The molecule has 0 N–H and O–H groups in total. The zero-order valence-corrected chi connectivity index (χ0v) is 24.1. The van der Waals surface area contributed by atoms with Gasteiger partial charge in [0.1, 0.15) is 18.1 Å². The van der Waals surface area contributed by atoms with Gasteiger partial charge >= 0.3 is 23.9 Å². The number of hydrogen-bond acceptors (Lipinski definition) is 10. The maximum Gasteiger partial charge on any atom is 0.379 e. The lowest BCUT2D eigenvalue weighted by Crippen LogP contribution is -2.16. The number of ether oxygens (including phenoxy) is 4. The Kier molecular flexibility index (Phi) is 12.0. The maximum atomic E-state index is 12.8. The predicted molar refractivity (Wildman–Crippen MR) is 163 cm³/mol. The van der Waals surface area contributed by atoms with Crippen molar-refractivity contribution in [3.8, 4) is 47.3 Å². The predicted octanol–water partition coefficient (Wildman–Crippen LogP) is 4.40. The highest BCUT2D eigenvalue weighted by atomic mass is 16.6. The second-order valence-corrected chi connectivity index (χ2v) is 8.76. The summed E-state index contributed by atoms with van der Waals surface area (Å²) >= 11 is 0. The number of esters is 4. The first-order valence-electron chi connectivity index (χ1n) is 13.1. The Hall–Kier alpha value is -7.14. The lowest BCUT2D eigenvalue weighted by atomic mass is 10.1. The van der Waals surface area contributed by atoms with Crippen molar-refractivity contribution in [2.45, 2.75) is 6.42 Å². The number of rotatable bonds is 9. The van der Waals surface area contributed by atoms with Gasteiger partial charge in [-0.1, -0.05) is 36.8 Å². The van der Waals surface area contributed by atoms with Crippen molar-refractivity contribution in [3.63, 3.8) is 0 Å². The topological polar surface area (TPSA) is 153 Å². The molecule has 10 nitrogen and oxygen atoms in total. The molecule has 0 atom stereocenters. The van der Waals surface area contributed by atoms with E-state index in [4.69, 9.17) is 29.5 Å². The van der Waals surface area contributed by atoms with E-state index in [0.29, 0.717) is 22.3 Å². The number of nitrogens with zero attached hydrogens (tertiary/aromatic N) is 2. The molecule has 0 bridgehead atoms. The maximum absolute atomic E-state index is 12.8. The van der Waals surface area contributed by atoms with E-state index < -0.39 is 29.6 Å². The summed E-state index contributed by atoms with van der Waals surface area (Å²) in [6.45, 7) is 9.68. The molecule has 224 valence electrons. The summed E-state index contributed by atoms with van der Waals surface area (Å²) in [7, 11) is 0. The van der Waals surface area contributed by atoms with E-state index in [-0.39, 0.29) is 35.7 Å². The van der Waals surface area contributed by atoms with Crippen LogP contribution in [0, 0.1) is 46.3 Å². The van der Waals surface area contributed by atoms with Crippen LogP contribution in [0.25, 0.3) is 0 Å². The smallest absolute Gasteiger partial charge is 0.379 e. The van der Waals surface area contributed by atoms with Crippen LogP contribution < -0.4 is 9.47 Å². The minimum atomic E-state index is -1.13. The molecule has 0 saturated carbocycles. The van der Waals surface area contributed by atoms with Gasteiger partial charge in [-0.15, -0.1) is 0 Å². The minimum absolute atomic E-state index is 0.0605. The number of carbonyl (C=O) groups excluding carboxylic acids is 4. The molecule has 0 aliphatic rings. The lowest BCUT2D eigenvalue weighted by Gasteiger charge is -2.12. The second-order valence-electron chi connectivity index (χ2n) is 8.76. The highest BCUT2D eigenvalue weighted by Gasteiger charge is 2.19. The van der Waals surface area contributed by atoms with Crippen LogP contribution in [0.3, 0.4) is 0 Å². The average Bonchev–Trinajstić information content (AvgIpc) is 3.07. The lowest BCUT2D eigenvalue weighted by molar-refractivity contribution is -0.143. The SMILES string of the molecule is C=CC(=O)OCCC(=O)Oc1cc(C#Cc2ccc(C#N)cc2)c(OC(=O)C(=C)OC(=O)C=C)cc1C#Cc1ccc(C#N)cc1. The summed E-state index contributed by atoms with van der Waals surface area (Å²) in [5.41, 5.74) is 2.01. The zero-order valence-electron chi connectivity index (χ0n) is 24.1. The number of hydrogen-bond donors (Lipinski definition) is 0. The van der Waals surface area contributed by atoms with Crippen molar-refractivity contribution in [3.05, 3.63) is 132 Å². The van der Waals surface area contributed by atoms with Crippen LogP contribution in [0.15, 0.2) is 98.3 Å². The number of benzene rings is 3. The van der Waals surface area contributed by atoms with E-state index in [9.17, 15) is 19.2 Å². The summed E-state index contributed by atoms with van der Waals surface area (Å²) in [6.07, 6.45) is 1.48. The molecule has 0 saturated heterocycles. The van der Waals surface area contributed by atoms with Crippen LogP contribution in [0.1, 0.15) is 39.8 Å². The first kappa shape index (κ1) is 33.4. The fourth-order valence-electron chi connectivity index (χ4n) is 3.29.